The Morgan fingerprint density at radius 3 is 2.44 bits per heavy atom. The smallest absolute Gasteiger partial charge is 0.191 e. The van der Waals surface area contributed by atoms with E-state index in [0.717, 1.165) is 30.4 Å². The van der Waals surface area contributed by atoms with Crippen LogP contribution in [0, 0.1) is 0 Å². The molecule has 0 aliphatic heterocycles. The Balaban J connectivity index is 0.00000364. The molecule has 0 aromatic heterocycles. The number of hydrogen-bond acceptors (Lipinski definition) is 3. The maximum absolute atomic E-state index is 5.28. The van der Waals surface area contributed by atoms with Crippen LogP contribution in [0.25, 0.3) is 0 Å². The van der Waals surface area contributed by atoms with Gasteiger partial charge in [-0.1, -0.05) is 42.5 Å². The number of likely N-dealkylation sites (N-methyl/N-ethyl adjacent to an activating group) is 1. The van der Waals surface area contributed by atoms with Crippen molar-refractivity contribution in [2.24, 2.45) is 4.99 Å². The first kappa shape index (κ1) is 23.2. The molecule has 1 unspecified atom stereocenters. The van der Waals surface area contributed by atoms with E-state index in [1.54, 1.807) is 7.11 Å². The average Bonchev–Trinajstić information content (AvgIpc) is 2.67. The fourth-order valence-corrected chi connectivity index (χ4v) is 2.75. The molecule has 0 fully saturated rings. The number of benzene rings is 2. The van der Waals surface area contributed by atoms with E-state index in [2.05, 4.69) is 66.9 Å². The van der Waals surface area contributed by atoms with Crippen LogP contribution in [-0.2, 0) is 6.54 Å². The van der Waals surface area contributed by atoms with Crippen LogP contribution >= 0.6 is 24.0 Å². The molecule has 0 saturated heterocycles. The second-order valence-corrected chi connectivity index (χ2v) is 6.32. The molecule has 0 saturated carbocycles. The third-order valence-electron chi connectivity index (χ3n) is 4.17. The molecule has 1 atom stereocenters. The number of rotatable bonds is 8. The molecule has 2 rings (SSSR count). The van der Waals surface area contributed by atoms with E-state index in [1.165, 1.54) is 5.56 Å². The van der Waals surface area contributed by atoms with Crippen LogP contribution in [0.5, 0.6) is 5.75 Å². The van der Waals surface area contributed by atoms with Crippen molar-refractivity contribution in [2.75, 3.05) is 34.3 Å². The van der Waals surface area contributed by atoms with Crippen LogP contribution in [-0.4, -0.2) is 45.2 Å². The topological polar surface area (TPSA) is 48.9 Å². The summed E-state index contributed by atoms with van der Waals surface area (Å²) in [6.45, 7) is 4.27. The highest BCUT2D eigenvalue weighted by atomic mass is 127. The van der Waals surface area contributed by atoms with Crippen molar-refractivity contribution in [3.05, 3.63) is 65.7 Å². The van der Waals surface area contributed by atoms with E-state index in [0.29, 0.717) is 6.54 Å². The van der Waals surface area contributed by atoms with E-state index in [9.17, 15) is 0 Å². The van der Waals surface area contributed by atoms with Crippen molar-refractivity contribution < 1.29 is 4.74 Å². The Labute approximate surface area is 180 Å². The van der Waals surface area contributed by atoms with Crippen LogP contribution in [0.1, 0.15) is 24.1 Å². The standard InChI is InChI=1S/C21H30N4O.HI/c1-5-22-21(23-15-17-10-9-13-19(14-17)26-4)24-16-20(25(2)3)18-11-7-6-8-12-18;/h6-14,20H,5,15-16H2,1-4H3,(H2,22,23,24);1H. The zero-order valence-electron chi connectivity index (χ0n) is 16.6. The molecular weight excluding hydrogens is 451 g/mol. The third-order valence-corrected chi connectivity index (χ3v) is 4.17. The molecule has 148 valence electrons. The van der Waals surface area contributed by atoms with Crippen molar-refractivity contribution in [1.82, 2.24) is 15.5 Å². The highest BCUT2D eigenvalue weighted by Crippen LogP contribution is 2.17. The zero-order chi connectivity index (χ0) is 18.8. The summed E-state index contributed by atoms with van der Waals surface area (Å²) in [4.78, 5) is 6.92. The predicted molar refractivity (Wildman–Crippen MR) is 124 cm³/mol. The van der Waals surface area contributed by atoms with Gasteiger partial charge in [0, 0.05) is 13.1 Å². The van der Waals surface area contributed by atoms with E-state index in [1.807, 2.05) is 24.3 Å². The van der Waals surface area contributed by atoms with Gasteiger partial charge in [-0.05, 0) is 44.3 Å². The number of aliphatic imine (C=N–C) groups is 1. The number of halogens is 1. The summed E-state index contributed by atoms with van der Waals surface area (Å²) >= 11 is 0. The predicted octanol–water partition coefficient (Wildman–Crippen LogP) is 3.67. The van der Waals surface area contributed by atoms with Gasteiger partial charge in [0.1, 0.15) is 5.75 Å². The highest BCUT2D eigenvalue weighted by Gasteiger charge is 2.14. The monoisotopic (exact) mass is 482 g/mol. The van der Waals surface area contributed by atoms with Gasteiger partial charge < -0.3 is 20.3 Å². The maximum atomic E-state index is 5.28. The van der Waals surface area contributed by atoms with E-state index in [-0.39, 0.29) is 30.0 Å². The van der Waals surface area contributed by atoms with Gasteiger partial charge in [0.15, 0.2) is 5.96 Å². The normalized spacial score (nSPS) is 12.3. The lowest BCUT2D eigenvalue weighted by Gasteiger charge is -2.26. The second-order valence-electron chi connectivity index (χ2n) is 6.32. The van der Waals surface area contributed by atoms with Crippen LogP contribution in [0.4, 0.5) is 0 Å². The quantitative estimate of drug-likeness (QED) is 0.343. The summed E-state index contributed by atoms with van der Waals surface area (Å²) in [5.41, 5.74) is 2.41. The number of guanidine groups is 1. The molecule has 0 amide bonds. The van der Waals surface area contributed by atoms with E-state index < -0.39 is 0 Å². The minimum absolute atomic E-state index is 0. The molecule has 2 N–H and O–H groups in total. The molecule has 0 radical (unpaired) electrons. The van der Waals surface area contributed by atoms with E-state index >= 15 is 0 Å². The number of nitrogens with one attached hydrogen (secondary N) is 2. The highest BCUT2D eigenvalue weighted by molar-refractivity contribution is 14.0. The van der Waals surface area contributed by atoms with Gasteiger partial charge in [0.05, 0.1) is 19.7 Å². The molecular formula is C21H31IN4O. The largest absolute Gasteiger partial charge is 0.497 e. The van der Waals surface area contributed by atoms with Crippen LogP contribution in [0.3, 0.4) is 0 Å². The summed E-state index contributed by atoms with van der Waals surface area (Å²) in [6.07, 6.45) is 0. The second kappa shape index (κ2) is 12.6. The Hall–Kier alpha value is -1.80. The summed E-state index contributed by atoms with van der Waals surface area (Å²) in [7, 11) is 5.87. The number of nitrogens with zero attached hydrogens (tertiary/aromatic N) is 2. The number of methoxy groups -OCH3 is 1. The fraction of sp³-hybridized carbons (Fsp3) is 0.381. The van der Waals surface area contributed by atoms with E-state index in [4.69, 9.17) is 9.73 Å². The van der Waals surface area contributed by atoms with Gasteiger partial charge in [-0.3, -0.25) is 0 Å². The fourth-order valence-electron chi connectivity index (χ4n) is 2.75. The molecule has 0 bridgehead atoms. The molecule has 0 aliphatic carbocycles. The SMILES string of the molecule is CCNC(=NCc1cccc(OC)c1)NCC(c1ccccc1)N(C)C.I. The Bertz CT molecular complexity index is 692. The minimum atomic E-state index is 0. The maximum Gasteiger partial charge on any atom is 0.191 e. The van der Waals surface area contributed by atoms with Gasteiger partial charge in [-0.15, -0.1) is 24.0 Å². The summed E-state index contributed by atoms with van der Waals surface area (Å²) in [5, 5.41) is 6.78. The first-order valence-corrected chi connectivity index (χ1v) is 9.00. The number of ether oxygens (including phenoxy) is 1. The van der Waals surface area contributed by atoms with Crippen LogP contribution in [0.15, 0.2) is 59.6 Å². The van der Waals surface area contributed by atoms with Gasteiger partial charge in [-0.2, -0.15) is 0 Å². The van der Waals surface area contributed by atoms with Crippen molar-refractivity contribution in [2.45, 2.75) is 19.5 Å². The minimum Gasteiger partial charge on any atom is -0.497 e. The first-order valence-electron chi connectivity index (χ1n) is 9.00. The Kier molecular flexibility index (Phi) is 10.8. The molecule has 2 aromatic rings. The average molecular weight is 482 g/mol. The molecule has 0 spiro atoms. The summed E-state index contributed by atoms with van der Waals surface area (Å²) < 4.78 is 5.28. The molecule has 0 aliphatic rings. The molecule has 6 heteroatoms. The summed E-state index contributed by atoms with van der Waals surface area (Å²) in [6, 6.07) is 18.8. The van der Waals surface area contributed by atoms with Crippen molar-refractivity contribution in [3.8, 4) is 5.75 Å². The third kappa shape index (κ3) is 7.76. The van der Waals surface area contributed by atoms with Crippen molar-refractivity contribution in [3.63, 3.8) is 0 Å². The lowest BCUT2D eigenvalue weighted by molar-refractivity contribution is 0.298. The lowest BCUT2D eigenvalue weighted by atomic mass is 10.1. The number of hydrogen-bond donors (Lipinski definition) is 2. The zero-order valence-corrected chi connectivity index (χ0v) is 18.9. The van der Waals surface area contributed by atoms with Gasteiger partial charge in [0.2, 0.25) is 0 Å². The van der Waals surface area contributed by atoms with Crippen LogP contribution < -0.4 is 15.4 Å². The Morgan fingerprint density at radius 2 is 1.81 bits per heavy atom. The van der Waals surface area contributed by atoms with Gasteiger partial charge in [-0.25, -0.2) is 4.99 Å². The molecule has 0 heterocycles. The molecule has 5 nitrogen and oxygen atoms in total. The first-order chi connectivity index (χ1) is 12.6. The molecule has 27 heavy (non-hydrogen) atoms. The van der Waals surface area contributed by atoms with Crippen molar-refractivity contribution >= 4 is 29.9 Å². The van der Waals surface area contributed by atoms with Crippen molar-refractivity contribution in [1.29, 1.82) is 0 Å². The van der Waals surface area contributed by atoms with Crippen LogP contribution in [0.2, 0.25) is 0 Å². The van der Waals surface area contributed by atoms with Gasteiger partial charge in [0.25, 0.3) is 0 Å². The lowest BCUT2D eigenvalue weighted by Crippen LogP contribution is -2.41. The molecule has 2 aromatic carbocycles. The van der Waals surface area contributed by atoms with Gasteiger partial charge >= 0.3 is 0 Å². The Morgan fingerprint density at radius 1 is 1.07 bits per heavy atom. The summed E-state index contributed by atoms with van der Waals surface area (Å²) in [5.74, 6) is 1.67.